The summed E-state index contributed by atoms with van der Waals surface area (Å²) >= 11 is 0. The van der Waals surface area contributed by atoms with E-state index in [2.05, 4.69) is 15.5 Å². The highest BCUT2D eigenvalue weighted by molar-refractivity contribution is 5.63. The van der Waals surface area contributed by atoms with Gasteiger partial charge in [0.15, 0.2) is 0 Å². The molecule has 0 aliphatic carbocycles. The standard InChI is InChI=1S/C14H17N3O3/c1-2-19-12-6-4-3-5-10(12)13-16-14(20-17-13)11-7-9(18)8-15-11/h3-6,9,11,15,18H,2,7-8H2,1H3/t9-,11+/m1/s1. The van der Waals surface area contributed by atoms with Gasteiger partial charge in [-0.25, -0.2) is 0 Å². The van der Waals surface area contributed by atoms with Crippen LogP contribution in [0.4, 0.5) is 0 Å². The van der Waals surface area contributed by atoms with E-state index in [-0.39, 0.29) is 12.1 Å². The molecule has 2 heterocycles. The fourth-order valence-electron chi connectivity index (χ4n) is 2.32. The second-order valence-corrected chi connectivity index (χ2v) is 4.74. The minimum Gasteiger partial charge on any atom is -0.493 e. The predicted octanol–water partition coefficient (Wildman–Crippen LogP) is 1.53. The van der Waals surface area contributed by atoms with E-state index in [1.165, 1.54) is 0 Å². The number of aliphatic hydroxyl groups excluding tert-OH is 1. The van der Waals surface area contributed by atoms with Crippen molar-refractivity contribution in [3.05, 3.63) is 30.2 Å². The lowest BCUT2D eigenvalue weighted by Crippen LogP contribution is -2.15. The first kappa shape index (κ1) is 13.1. The van der Waals surface area contributed by atoms with Gasteiger partial charge in [0.2, 0.25) is 11.7 Å². The van der Waals surface area contributed by atoms with Crippen LogP contribution in [0.3, 0.4) is 0 Å². The molecule has 1 aromatic heterocycles. The first-order valence-corrected chi connectivity index (χ1v) is 6.75. The van der Waals surface area contributed by atoms with Crippen LogP contribution >= 0.6 is 0 Å². The van der Waals surface area contributed by atoms with E-state index >= 15 is 0 Å². The molecular formula is C14H17N3O3. The van der Waals surface area contributed by atoms with Crippen molar-refractivity contribution < 1.29 is 14.4 Å². The molecule has 106 valence electrons. The van der Waals surface area contributed by atoms with E-state index in [1.807, 2.05) is 31.2 Å². The van der Waals surface area contributed by atoms with E-state index in [0.717, 1.165) is 11.3 Å². The van der Waals surface area contributed by atoms with Crippen LogP contribution in [0.25, 0.3) is 11.4 Å². The number of hydrogen-bond donors (Lipinski definition) is 2. The third kappa shape index (κ3) is 2.52. The summed E-state index contributed by atoms with van der Waals surface area (Å²) in [5.41, 5.74) is 0.808. The third-order valence-corrected chi connectivity index (χ3v) is 3.28. The van der Waals surface area contributed by atoms with Gasteiger partial charge in [-0.15, -0.1) is 0 Å². The molecule has 6 nitrogen and oxygen atoms in total. The molecule has 1 aliphatic heterocycles. The average molecular weight is 275 g/mol. The Balaban J connectivity index is 1.86. The fraction of sp³-hybridized carbons (Fsp3) is 0.429. The molecule has 0 unspecified atom stereocenters. The molecule has 2 N–H and O–H groups in total. The van der Waals surface area contributed by atoms with Gasteiger partial charge >= 0.3 is 0 Å². The first-order valence-electron chi connectivity index (χ1n) is 6.75. The number of rotatable bonds is 4. The summed E-state index contributed by atoms with van der Waals surface area (Å²) in [6.45, 7) is 3.07. The van der Waals surface area contributed by atoms with Crippen molar-refractivity contribution in [2.45, 2.75) is 25.5 Å². The van der Waals surface area contributed by atoms with Gasteiger partial charge in [0.25, 0.3) is 0 Å². The minimum absolute atomic E-state index is 0.0782. The zero-order valence-electron chi connectivity index (χ0n) is 11.2. The maximum Gasteiger partial charge on any atom is 0.244 e. The fourth-order valence-corrected chi connectivity index (χ4v) is 2.32. The van der Waals surface area contributed by atoms with Crippen LogP contribution in [-0.4, -0.2) is 34.5 Å². The number of nitrogens with zero attached hydrogens (tertiary/aromatic N) is 2. The lowest BCUT2D eigenvalue weighted by atomic mass is 10.2. The van der Waals surface area contributed by atoms with E-state index in [4.69, 9.17) is 9.26 Å². The monoisotopic (exact) mass is 275 g/mol. The second-order valence-electron chi connectivity index (χ2n) is 4.74. The van der Waals surface area contributed by atoms with Crippen LogP contribution in [0, 0.1) is 0 Å². The molecule has 20 heavy (non-hydrogen) atoms. The van der Waals surface area contributed by atoms with Gasteiger partial charge in [0, 0.05) is 6.54 Å². The van der Waals surface area contributed by atoms with Crippen LogP contribution in [0.1, 0.15) is 25.3 Å². The Labute approximate surface area is 116 Å². The van der Waals surface area contributed by atoms with Gasteiger partial charge < -0.3 is 19.7 Å². The van der Waals surface area contributed by atoms with Gasteiger partial charge in [-0.2, -0.15) is 4.98 Å². The quantitative estimate of drug-likeness (QED) is 0.880. The molecule has 2 atom stereocenters. The largest absolute Gasteiger partial charge is 0.493 e. The van der Waals surface area contributed by atoms with Crippen molar-refractivity contribution >= 4 is 0 Å². The molecule has 1 aromatic carbocycles. The minimum atomic E-state index is -0.355. The molecule has 0 amide bonds. The normalized spacial score (nSPS) is 22.1. The Morgan fingerprint density at radius 3 is 3.05 bits per heavy atom. The first-order chi connectivity index (χ1) is 9.78. The van der Waals surface area contributed by atoms with Gasteiger partial charge in [-0.1, -0.05) is 17.3 Å². The lowest BCUT2D eigenvalue weighted by Gasteiger charge is -2.06. The van der Waals surface area contributed by atoms with Gasteiger partial charge in [0.05, 0.1) is 24.3 Å². The summed E-state index contributed by atoms with van der Waals surface area (Å²) in [5, 5.41) is 16.7. The lowest BCUT2D eigenvalue weighted by molar-refractivity contribution is 0.191. The Morgan fingerprint density at radius 2 is 2.30 bits per heavy atom. The zero-order valence-corrected chi connectivity index (χ0v) is 11.2. The predicted molar refractivity (Wildman–Crippen MR) is 72.3 cm³/mol. The highest BCUT2D eigenvalue weighted by Crippen LogP contribution is 2.29. The van der Waals surface area contributed by atoms with Gasteiger partial charge in [0.1, 0.15) is 5.75 Å². The summed E-state index contributed by atoms with van der Waals surface area (Å²) in [4.78, 5) is 4.41. The smallest absolute Gasteiger partial charge is 0.244 e. The Hall–Kier alpha value is -1.92. The topological polar surface area (TPSA) is 80.4 Å². The molecule has 0 spiro atoms. The van der Waals surface area contributed by atoms with Crippen molar-refractivity contribution in [1.29, 1.82) is 0 Å². The van der Waals surface area contributed by atoms with Crippen molar-refractivity contribution in [2.75, 3.05) is 13.2 Å². The van der Waals surface area contributed by atoms with E-state index in [1.54, 1.807) is 0 Å². The van der Waals surface area contributed by atoms with Crippen LogP contribution < -0.4 is 10.1 Å². The average Bonchev–Trinajstić information content (AvgIpc) is 3.08. The zero-order chi connectivity index (χ0) is 13.9. The van der Waals surface area contributed by atoms with Crippen LogP contribution in [-0.2, 0) is 0 Å². The van der Waals surface area contributed by atoms with E-state index in [9.17, 15) is 5.11 Å². The number of benzene rings is 1. The maximum absolute atomic E-state index is 9.53. The molecule has 0 bridgehead atoms. The molecule has 3 rings (SSSR count). The number of aromatic nitrogens is 2. The number of para-hydroxylation sites is 1. The SMILES string of the molecule is CCOc1ccccc1-c1noc([C@@H]2C[C@@H](O)CN2)n1. The summed E-state index contributed by atoms with van der Waals surface area (Å²) in [6.07, 6.45) is 0.237. The van der Waals surface area contributed by atoms with Crippen molar-refractivity contribution in [2.24, 2.45) is 0 Å². The van der Waals surface area contributed by atoms with E-state index in [0.29, 0.717) is 31.3 Å². The third-order valence-electron chi connectivity index (χ3n) is 3.28. The van der Waals surface area contributed by atoms with Crippen molar-refractivity contribution in [3.63, 3.8) is 0 Å². The Bertz CT molecular complexity index is 585. The Kier molecular flexibility index (Phi) is 3.66. The summed E-state index contributed by atoms with van der Waals surface area (Å²) in [6, 6.07) is 7.52. The molecule has 1 aliphatic rings. The van der Waals surface area contributed by atoms with Crippen LogP contribution in [0.2, 0.25) is 0 Å². The summed E-state index contributed by atoms with van der Waals surface area (Å²) < 4.78 is 10.9. The number of ether oxygens (including phenoxy) is 1. The molecule has 1 saturated heterocycles. The van der Waals surface area contributed by atoms with Crippen molar-refractivity contribution in [1.82, 2.24) is 15.5 Å². The molecular weight excluding hydrogens is 258 g/mol. The number of nitrogens with one attached hydrogen (secondary N) is 1. The Morgan fingerprint density at radius 1 is 1.45 bits per heavy atom. The van der Waals surface area contributed by atoms with Gasteiger partial charge in [-0.05, 0) is 25.5 Å². The van der Waals surface area contributed by atoms with Crippen LogP contribution in [0.15, 0.2) is 28.8 Å². The molecule has 2 aromatic rings. The summed E-state index contributed by atoms with van der Waals surface area (Å²) in [5.74, 6) is 1.75. The molecule has 0 saturated carbocycles. The number of aliphatic hydroxyl groups is 1. The number of hydrogen-bond acceptors (Lipinski definition) is 6. The van der Waals surface area contributed by atoms with Crippen molar-refractivity contribution in [3.8, 4) is 17.1 Å². The molecule has 1 fully saturated rings. The molecule has 6 heteroatoms. The maximum atomic E-state index is 9.53. The highest BCUT2D eigenvalue weighted by atomic mass is 16.5. The summed E-state index contributed by atoms with van der Waals surface area (Å²) in [7, 11) is 0. The molecule has 0 radical (unpaired) electrons. The van der Waals surface area contributed by atoms with Crippen LogP contribution in [0.5, 0.6) is 5.75 Å². The highest BCUT2D eigenvalue weighted by Gasteiger charge is 2.28. The number of β-amino-alcohol motifs (C(OH)–C–C–N with tert-alkyl or cyclic N) is 1. The van der Waals surface area contributed by atoms with E-state index < -0.39 is 0 Å². The van der Waals surface area contributed by atoms with Gasteiger partial charge in [-0.3, -0.25) is 0 Å². The second kappa shape index (κ2) is 5.60.